The number of carboxylic acid groups (broad SMARTS) is 1. The molecule has 18 heavy (non-hydrogen) atoms. The summed E-state index contributed by atoms with van der Waals surface area (Å²) in [4.78, 5) is 25.9. The van der Waals surface area contributed by atoms with Gasteiger partial charge in [-0.3, -0.25) is 14.6 Å². The van der Waals surface area contributed by atoms with Crippen molar-refractivity contribution >= 4 is 11.9 Å². The van der Waals surface area contributed by atoms with Crippen LogP contribution >= 0.6 is 0 Å². The summed E-state index contributed by atoms with van der Waals surface area (Å²) in [5, 5.41) is 11.1. The number of rotatable bonds is 7. The van der Waals surface area contributed by atoms with Crippen molar-refractivity contribution in [3.05, 3.63) is 30.1 Å². The predicted molar refractivity (Wildman–Crippen MR) is 65.8 cm³/mol. The molecule has 0 aliphatic rings. The van der Waals surface area contributed by atoms with E-state index in [2.05, 4.69) is 10.3 Å². The van der Waals surface area contributed by atoms with E-state index in [0.717, 1.165) is 5.69 Å². The fourth-order valence-corrected chi connectivity index (χ4v) is 1.40. The standard InChI is InChI=1S/C12H17N3O3/c13-10(4-5-11(16)17)12(18)15-8-6-9-3-1-2-7-14-9/h1-3,7,10H,4-6,8,13H2,(H,15,18)(H,16,17). The maximum Gasteiger partial charge on any atom is 0.303 e. The van der Waals surface area contributed by atoms with Crippen molar-refractivity contribution in [2.75, 3.05) is 6.54 Å². The molecule has 98 valence electrons. The fraction of sp³-hybridized carbons (Fsp3) is 0.417. The number of nitrogens with one attached hydrogen (secondary N) is 1. The lowest BCUT2D eigenvalue weighted by Gasteiger charge is -2.10. The third kappa shape index (κ3) is 5.40. The Balaban J connectivity index is 2.22. The van der Waals surface area contributed by atoms with E-state index >= 15 is 0 Å². The molecule has 1 amide bonds. The van der Waals surface area contributed by atoms with E-state index < -0.39 is 12.0 Å². The third-order valence-electron chi connectivity index (χ3n) is 2.41. The summed E-state index contributed by atoms with van der Waals surface area (Å²) in [5.74, 6) is -1.28. The molecule has 1 unspecified atom stereocenters. The number of carboxylic acids is 1. The minimum atomic E-state index is -0.952. The Kier molecular flexibility index (Phi) is 5.79. The number of amides is 1. The molecule has 0 aliphatic heterocycles. The molecule has 1 heterocycles. The van der Waals surface area contributed by atoms with Crippen molar-refractivity contribution in [2.24, 2.45) is 5.73 Å². The zero-order valence-corrected chi connectivity index (χ0v) is 10.0. The smallest absolute Gasteiger partial charge is 0.303 e. The maximum atomic E-state index is 11.5. The van der Waals surface area contributed by atoms with Gasteiger partial charge in [-0.05, 0) is 18.6 Å². The minimum absolute atomic E-state index is 0.102. The van der Waals surface area contributed by atoms with Gasteiger partial charge in [-0.15, -0.1) is 0 Å². The van der Waals surface area contributed by atoms with Crippen LogP contribution in [0.1, 0.15) is 18.5 Å². The average Bonchev–Trinajstić information content (AvgIpc) is 2.37. The second-order valence-corrected chi connectivity index (χ2v) is 3.90. The van der Waals surface area contributed by atoms with Gasteiger partial charge in [0, 0.05) is 31.3 Å². The summed E-state index contributed by atoms with van der Waals surface area (Å²) in [6, 6.07) is 4.80. The van der Waals surface area contributed by atoms with Crippen molar-refractivity contribution in [1.82, 2.24) is 10.3 Å². The van der Waals surface area contributed by atoms with Gasteiger partial charge in [0.25, 0.3) is 0 Å². The van der Waals surface area contributed by atoms with Crippen molar-refractivity contribution < 1.29 is 14.7 Å². The fourth-order valence-electron chi connectivity index (χ4n) is 1.40. The Bertz CT molecular complexity index is 395. The van der Waals surface area contributed by atoms with E-state index in [1.165, 1.54) is 0 Å². The molecule has 0 aromatic carbocycles. The summed E-state index contributed by atoms with van der Waals surface area (Å²) in [6.07, 6.45) is 2.35. The van der Waals surface area contributed by atoms with E-state index in [4.69, 9.17) is 10.8 Å². The van der Waals surface area contributed by atoms with Crippen LogP contribution in [0.3, 0.4) is 0 Å². The van der Waals surface area contributed by atoms with Crippen LogP contribution < -0.4 is 11.1 Å². The number of hydrogen-bond acceptors (Lipinski definition) is 4. The first-order valence-electron chi connectivity index (χ1n) is 5.74. The average molecular weight is 251 g/mol. The van der Waals surface area contributed by atoms with E-state index in [-0.39, 0.29) is 18.7 Å². The molecular formula is C12H17N3O3. The molecule has 6 heteroatoms. The van der Waals surface area contributed by atoms with Gasteiger partial charge in [0.15, 0.2) is 0 Å². The molecule has 1 aromatic rings. The zero-order chi connectivity index (χ0) is 13.4. The first kappa shape index (κ1) is 14.1. The van der Waals surface area contributed by atoms with Crippen molar-refractivity contribution in [3.8, 4) is 0 Å². The van der Waals surface area contributed by atoms with Crippen LogP contribution in [0, 0.1) is 0 Å². The van der Waals surface area contributed by atoms with Crippen LogP contribution in [-0.2, 0) is 16.0 Å². The minimum Gasteiger partial charge on any atom is -0.481 e. The second-order valence-electron chi connectivity index (χ2n) is 3.90. The van der Waals surface area contributed by atoms with Crippen LogP contribution in [0.5, 0.6) is 0 Å². The van der Waals surface area contributed by atoms with Gasteiger partial charge in [-0.2, -0.15) is 0 Å². The predicted octanol–water partition coefficient (Wildman–Crippen LogP) is -0.0676. The summed E-state index contributed by atoms with van der Waals surface area (Å²) >= 11 is 0. The van der Waals surface area contributed by atoms with Crippen LogP contribution in [0.4, 0.5) is 0 Å². The summed E-state index contributed by atoms with van der Waals surface area (Å²) in [5.41, 5.74) is 6.44. The maximum absolute atomic E-state index is 11.5. The largest absolute Gasteiger partial charge is 0.481 e. The molecule has 1 aromatic heterocycles. The highest BCUT2D eigenvalue weighted by molar-refractivity contribution is 5.82. The van der Waals surface area contributed by atoms with Gasteiger partial charge >= 0.3 is 5.97 Å². The number of aromatic nitrogens is 1. The van der Waals surface area contributed by atoms with Gasteiger partial charge in [-0.25, -0.2) is 0 Å². The Labute approximate surface area is 105 Å². The molecule has 1 atom stereocenters. The molecule has 4 N–H and O–H groups in total. The van der Waals surface area contributed by atoms with E-state index in [9.17, 15) is 9.59 Å². The molecular weight excluding hydrogens is 234 g/mol. The Morgan fingerprint density at radius 1 is 1.44 bits per heavy atom. The van der Waals surface area contributed by atoms with Gasteiger partial charge in [0.05, 0.1) is 6.04 Å². The number of hydrogen-bond donors (Lipinski definition) is 3. The third-order valence-corrected chi connectivity index (χ3v) is 2.41. The Morgan fingerprint density at radius 2 is 2.22 bits per heavy atom. The van der Waals surface area contributed by atoms with Crippen molar-refractivity contribution in [2.45, 2.75) is 25.3 Å². The Morgan fingerprint density at radius 3 is 2.83 bits per heavy atom. The zero-order valence-electron chi connectivity index (χ0n) is 10.0. The number of nitrogens with zero attached hydrogens (tertiary/aromatic N) is 1. The van der Waals surface area contributed by atoms with Gasteiger partial charge in [0.2, 0.25) is 5.91 Å². The lowest BCUT2D eigenvalue weighted by atomic mass is 10.1. The first-order valence-corrected chi connectivity index (χ1v) is 5.74. The van der Waals surface area contributed by atoms with Crippen molar-refractivity contribution in [3.63, 3.8) is 0 Å². The molecule has 0 spiro atoms. The molecule has 0 saturated heterocycles. The van der Waals surface area contributed by atoms with E-state index in [1.54, 1.807) is 6.20 Å². The highest BCUT2D eigenvalue weighted by Gasteiger charge is 2.14. The van der Waals surface area contributed by atoms with E-state index in [1.807, 2.05) is 18.2 Å². The number of aliphatic carboxylic acids is 1. The van der Waals surface area contributed by atoms with Gasteiger partial charge in [0.1, 0.15) is 0 Å². The molecule has 6 nitrogen and oxygen atoms in total. The lowest BCUT2D eigenvalue weighted by Crippen LogP contribution is -2.41. The quantitative estimate of drug-likeness (QED) is 0.629. The molecule has 0 bridgehead atoms. The van der Waals surface area contributed by atoms with Crippen LogP contribution in [0.15, 0.2) is 24.4 Å². The van der Waals surface area contributed by atoms with Crippen LogP contribution in [0.25, 0.3) is 0 Å². The summed E-state index contributed by atoms with van der Waals surface area (Å²) < 4.78 is 0. The topological polar surface area (TPSA) is 105 Å². The van der Waals surface area contributed by atoms with Gasteiger partial charge in [-0.1, -0.05) is 6.07 Å². The second kappa shape index (κ2) is 7.39. The number of carbonyl (C=O) groups is 2. The monoisotopic (exact) mass is 251 g/mol. The number of nitrogens with two attached hydrogens (primary N) is 1. The number of pyridine rings is 1. The molecule has 0 saturated carbocycles. The summed E-state index contributed by atoms with van der Waals surface area (Å²) in [6.45, 7) is 0.441. The molecule has 0 radical (unpaired) electrons. The first-order chi connectivity index (χ1) is 8.59. The van der Waals surface area contributed by atoms with Crippen LogP contribution in [-0.4, -0.2) is 34.6 Å². The molecule has 0 aliphatic carbocycles. The van der Waals surface area contributed by atoms with E-state index in [0.29, 0.717) is 13.0 Å². The van der Waals surface area contributed by atoms with Crippen LogP contribution in [0.2, 0.25) is 0 Å². The molecule has 1 rings (SSSR count). The highest BCUT2D eigenvalue weighted by Crippen LogP contribution is 1.96. The summed E-state index contributed by atoms with van der Waals surface area (Å²) in [7, 11) is 0. The Hall–Kier alpha value is -1.95. The van der Waals surface area contributed by atoms with Gasteiger partial charge < -0.3 is 16.2 Å². The van der Waals surface area contributed by atoms with Crippen molar-refractivity contribution in [1.29, 1.82) is 0 Å². The number of carbonyl (C=O) groups excluding carboxylic acids is 1. The lowest BCUT2D eigenvalue weighted by molar-refractivity contribution is -0.137. The normalized spacial score (nSPS) is 11.8. The highest BCUT2D eigenvalue weighted by atomic mass is 16.4. The SMILES string of the molecule is NC(CCC(=O)O)C(=O)NCCc1ccccn1. The molecule has 0 fully saturated rings.